The van der Waals surface area contributed by atoms with E-state index in [-0.39, 0.29) is 5.57 Å². The second kappa shape index (κ2) is 6.99. The number of hydrogen-bond donors (Lipinski definition) is 2. The maximum absolute atomic E-state index is 12.8. The lowest BCUT2D eigenvalue weighted by Gasteiger charge is -2.05. The van der Waals surface area contributed by atoms with E-state index in [0.717, 1.165) is 5.56 Å². The summed E-state index contributed by atoms with van der Waals surface area (Å²) >= 11 is 0. The number of pyridine rings is 1. The van der Waals surface area contributed by atoms with E-state index < -0.39 is 11.7 Å². The van der Waals surface area contributed by atoms with Crippen molar-refractivity contribution in [3.63, 3.8) is 0 Å². The first-order valence-corrected chi connectivity index (χ1v) is 6.45. The Bertz CT molecular complexity index is 747. The third kappa shape index (κ3) is 4.15. The van der Waals surface area contributed by atoms with Gasteiger partial charge in [0.1, 0.15) is 23.3 Å². The molecule has 0 fully saturated rings. The summed E-state index contributed by atoms with van der Waals surface area (Å²) in [5, 5.41) is 14.4. The molecule has 2 aromatic rings. The van der Waals surface area contributed by atoms with E-state index in [2.05, 4.69) is 15.6 Å². The van der Waals surface area contributed by atoms with Gasteiger partial charge in [-0.2, -0.15) is 5.26 Å². The van der Waals surface area contributed by atoms with Crippen LogP contribution in [0.15, 0.2) is 54.4 Å². The third-order valence-corrected chi connectivity index (χ3v) is 2.75. The van der Waals surface area contributed by atoms with Crippen molar-refractivity contribution in [2.45, 2.75) is 6.92 Å². The molecule has 0 radical (unpaired) electrons. The minimum absolute atomic E-state index is 0.118. The summed E-state index contributed by atoms with van der Waals surface area (Å²) in [6.07, 6.45) is 2.90. The number of aromatic nitrogens is 1. The molecule has 110 valence electrons. The van der Waals surface area contributed by atoms with Gasteiger partial charge in [0.05, 0.1) is 0 Å². The van der Waals surface area contributed by atoms with Crippen molar-refractivity contribution in [1.29, 1.82) is 5.26 Å². The minimum Gasteiger partial charge on any atom is -0.345 e. The number of amides is 1. The highest BCUT2D eigenvalue weighted by Gasteiger charge is 2.09. The number of carbonyl (C=O) groups excluding carboxylic acids is 1. The number of nitrogens with one attached hydrogen (secondary N) is 2. The van der Waals surface area contributed by atoms with Crippen molar-refractivity contribution in [1.82, 2.24) is 4.98 Å². The molecular formula is C16H13FN4O. The fourth-order valence-corrected chi connectivity index (χ4v) is 1.64. The molecule has 0 bridgehead atoms. The molecule has 0 saturated carbocycles. The second-order valence-corrected chi connectivity index (χ2v) is 4.49. The molecule has 0 unspecified atom stereocenters. The predicted molar refractivity (Wildman–Crippen MR) is 81.3 cm³/mol. The number of aryl methyl sites for hydroxylation is 1. The Labute approximate surface area is 127 Å². The lowest BCUT2D eigenvalue weighted by atomic mass is 10.2. The molecule has 6 heteroatoms. The van der Waals surface area contributed by atoms with E-state index in [9.17, 15) is 9.18 Å². The molecule has 1 aromatic carbocycles. The van der Waals surface area contributed by atoms with Crippen molar-refractivity contribution < 1.29 is 9.18 Å². The van der Waals surface area contributed by atoms with Crippen molar-refractivity contribution in [2.24, 2.45) is 0 Å². The molecule has 0 spiro atoms. The van der Waals surface area contributed by atoms with E-state index in [0.29, 0.717) is 11.5 Å². The maximum atomic E-state index is 12.8. The van der Waals surface area contributed by atoms with Crippen molar-refractivity contribution in [2.75, 3.05) is 10.6 Å². The molecule has 2 N–H and O–H groups in total. The molecule has 0 atom stereocenters. The van der Waals surface area contributed by atoms with Crippen LogP contribution in [0.3, 0.4) is 0 Å². The Morgan fingerprint density at radius 3 is 2.68 bits per heavy atom. The summed E-state index contributed by atoms with van der Waals surface area (Å²) in [5.41, 5.74) is 1.29. The van der Waals surface area contributed by atoms with Crippen molar-refractivity contribution in [3.8, 4) is 6.07 Å². The van der Waals surface area contributed by atoms with Gasteiger partial charge in [0.15, 0.2) is 0 Å². The molecule has 2 rings (SSSR count). The van der Waals surface area contributed by atoms with Crippen LogP contribution in [-0.2, 0) is 4.79 Å². The van der Waals surface area contributed by atoms with Gasteiger partial charge in [0.2, 0.25) is 0 Å². The topological polar surface area (TPSA) is 77.8 Å². The molecule has 5 nitrogen and oxygen atoms in total. The average Bonchev–Trinajstić information content (AvgIpc) is 2.50. The molecule has 0 aliphatic heterocycles. The number of anilines is 2. The van der Waals surface area contributed by atoms with Crippen LogP contribution >= 0.6 is 0 Å². The van der Waals surface area contributed by atoms with Gasteiger partial charge in [-0.05, 0) is 48.9 Å². The highest BCUT2D eigenvalue weighted by Crippen LogP contribution is 2.10. The van der Waals surface area contributed by atoms with Crippen LogP contribution in [-0.4, -0.2) is 10.9 Å². The molecule has 0 aliphatic rings. The van der Waals surface area contributed by atoms with Crippen LogP contribution < -0.4 is 10.6 Å². The van der Waals surface area contributed by atoms with Crippen LogP contribution in [0.25, 0.3) is 0 Å². The van der Waals surface area contributed by atoms with Gasteiger partial charge in [-0.25, -0.2) is 9.37 Å². The number of carbonyl (C=O) groups is 1. The SMILES string of the molecule is Cc1ccnc(N/C=C(/C#N)C(=O)Nc2ccc(F)cc2)c1. The maximum Gasteiger partial charge on any atom is 0.267 e. The van der Waals surface area contributed by atoms with Crippen molar-refractivity contribution >= 4 is 17.4 Å². The Morgan fingerprint density at radius 1 is 1.32 bits per heavy atom. The van der Waals surface area contributed by atoms with Crippen LogP contribution in [0.2, 0.25) is 0 Å². The zero-order valence-electron chi connectivity index (χ0n) is 11.8. The van der Waals surface area contributed by atoms with Gasteiger partial charge in [0.25, 0.3) is 5.91 Å². The predicted octanol–water partition coefficient (Wildman–Crippen LogP) is 2.99. The average molecular weight is 296 g/mol. The van der Waals surface area contributed by atoms with Gasteiger partial charge < -0.3 is 10.6 Å². The third-order valence-electron chi connectivity index (χ3n) is 2.75. The summed E-state index contributed by atoms with van der Waals surface area (Å²) in [6.45, 7) is 1.91. The first kappa shape index (κ1) is 15.2. The quantitative estimate of drug-likeness (QED) is 0.671. The van der Waals surface area contributed by atoms with Crippen molar-refractivity contribution in [3.05, 3.63) is 65.7 Å². The molecule has 0 saturated heterocycles. The van der Waals surface area contributed by atoms with Crippen LogP contribution in [0.1, 0.15) is 5.56 Å². The van der Waals surface area contributed by atoms with Gasteiger partial charge in [0, 0.05) is 18.1 Å². The van der Waals surface area contributed by atoms with Crippen LogP contribution in [0.5, 0.6) is 0 Å². The van der Waals surface area contributed by atoms with Gasteiger partial charge in [-0.15, -0.1) is 0 Å². The highest BCUT2D eigenvalue weighted by atomic mass is 19.1. The fraction of sp³-hybridized carbons (Fsp3) is 0.0625. The van der Waals surface area contributed by atoms with Gasteiger partial charge >= 0.3 is 0 Å². The van der Waals surface area contributed by atoms with E-state index in [1.54, 1.807) is 18.3 Å². The number of benzene rings is 1. The van der Waals surface area contributed by atoms with Crippen LogP contribution in [0.4, 0.5) is 15.9 Å². The first-order valence-electron chi connectivity index (χ1n) is 6.45. The molecule has 1 heterocycles. The largest absolute Gasteiger partial charge is 0.345 e. The fourth-order valence-electron chi connectivity index (χ4n) is 1.64. The molecular weight excluding hydrogens is 283 g/mol. The van der Waals surface area contributed by atoms with Crippen LogP contribution in [0, 0.1) is 24.1 Å². The van der Waals surface area contributed by atoms with E-state index in [4.69, 9.17) is 5.26 Å². The van der Waals surface area contributed by atoms with E-state index in [1.807, 2.05) is 13.0 Å². The first-order chi connectivity index (χ1) is 10.6. The van der Waals surface area contributed by atoms with E-state index in [1.165, 1.54) is 30.5 Å². The van der Waals surface area contributed by atoms with Gasteiger partial charge in [-0.3, -0.25) is 4.79 Å². The smallest absolute Gasteiger partial charge is 0.267 e. The lowest BCUT2D eigenvalue weighted by molar-refractivity contribution is -0.112. The number of rotatable bonds is 4. The Morgan fingerprint density at radius 2 is 2.05 bits per heavy atom. The summed E-state index contributed by atoms with van der Waals surface area (Å²) in [4.78, 5) is 16.0. The summed E-state index contributed by atoms with van der Waals surface area (Å²) < 4.78 is 12.8. The Balaban J connectivity index is 2.07. The summed E-state index contributed by atoms with van der Waals surface area (Å²) in [7, 11) is 0. The molecule has 1 aromatic heterocycles. The summed E-state index contributed by atoms with van der Waals surface area (Å²) in [6, 6.07) is 10.7. The number of hydrogen-bond acceptors (Lipinski definition) is 4. The minimum atomic E-state index is -0.589. The second-order valence-electron chi connectivity index (χ2n) is 4.49. The number of halogens is 1. The summed E-state index contributed by atoms with van der Waals surface area (Å²) in [5.74, 6) is -0.460. The zero-order valence-corrected chi connectivity index (χ0v) is 11.8. The Kier molecular flexibility index (Phi) is 4.83. The lowest BCUT2D eigenvalue weighted by Crippen LogP contribution is -2.14. The molecule has 0 aliphatic carbocycles. The highest BCUT2D eigenvalue weighted by molar-refractivity contribution is 6.06. The number of nitrogens with zero attached hydrogens (tertiary/aromatic N) is 2. The normalized spacial score (nSPS) is 10.7. The standard InChI is InChI=1S/C16H13FN4O/c1-11-6-7-19-15(8-11)20-10-12(9-18)16(22)21-14-4-2-13(17)3-5-14/h2-8,10H,1H3,(H,19,20)(H,21,22)/b12-10-. The molecule has 1 amide bonds. The zero-order chi connectivity index (χ0) is 15.9. The monoisotopic (exact) mass is 296 g/mol. The van der Waals surface area contributed by atoms with Gasteiger partial charge in [-0.1, -0.05) is 0 Å². The van der Waals surface area contributed by atoms with E-state index >= 15 is 0 Å². The molecule has 22 heavy (non-hydrogen) atoms. The number of nitriles is 1. The Hall–Kier alpha value is -3.20.